The Hall–Kier alpha value is -3.91. The van der Waals surface area contributed by atoms with E-state index in [-0.39, 0.29) is 23.4 Å². The Kier molecular flexibility index (Phi) is 6.51. The summed E-state index contributed by atoms with van der Waals surface area (Å²) in [6.07, 6.45) is -1.64. The van der Waals surface area contributed by atoms with Crippen LogP contribution in [0.4, 0.5) is 13.2 Å². The number of halogens is 4. The molecule has 0 saturated heterocycles. The first kappa shape index (κ1) is 23.3. The molecule has 4 aromatic rings. The van der Waals surface area contributed by atoms with Crippen LogP contribution in [0.25, 0.3) is 22.3 Å². The van der Waals surface area contributed by atoms with Crippen LogP contribution in [0.15, 0.2) is 89.3 Å². The van der Waals surface area contributed by atoms with Gasteiger partial charge >= 0.3 is 6.18 Å². The predicted molar refractivity (Wildman–Crippen MR) is 127 cm³/mol. The molecule has 9 heteroatoms. The van der Waals surface area contributed by atoms with Crippen molar-refractivity contribution in [1.29, 1.82) is 0 Å². The fraction of sp³-hybridized carbons (Fsp3) is 0.0800. The number of para-hydroxylation sites is 1. The second-order valence-electron chi connectivity index (χ2n) is 7.17. The minimum Gasteiger partial charge on any atom is -0.489 e. The Morgan fingerprint density at radius 1 is 1.09 bits per heavy atom. The molecule has 0 bridgehead atoms. The van der Waals surface area contributed by atoms with Gasteiger partial charge in [-0.25, -0.2) is 4.98 Å². The van der Waals surface area contributed by atoms with Crippen LogP contribution in [-0.4, -0.2) is 22.5 Å². The number of hydrogen-bond donors (Lipinski definition) is 0. The van der Waals surface area contributed by atoms with Crippen LogP contribution in [0.3, 0.4) is 0 Å². The van der Waals surface area contributed by atoms with Gasteiger partial charge in [0.1, 0.15) is 12.4 Å². The summed E-state index contributed by atoms with van der Waals surface area (Å²) in [7, 11) is 0. The second kappa shape index (κ2) is 9.52. The van der Waals surface area contributed by atoms with Gasteiger partial charge in [-0.2, -0.15) is 22.9 Å². The van der Waals surface area contributed by atoms with Crippen molar-refractivity contribution in [1.82, 2.24) is 9.66 Å². The quantitative estimate of drug-likeness (QED) is 0.243. The maximum absolute atomic E-state index is 13.3. The molecule has 0 radical (unpaired) electrons. The molecule has 172 valence electrons. The topological polar surface area (TPSA) is 56.5 Å². The van der Waals surface area contributed by atoms with Crippen LogP contribution in [0.5, 0.6) is 5.75 Å². The molecule has 0 amide bonds. The molecule has 1 aromatic heterocycles. The Morgan fingerprint density at radius 2 is 1.88 bits per heavy atom. The highest BCUT2D eigenvalue weighted by Crippen LogP contribution is 2.32. The van der Waals surface area contributed by atoms with Gasteiger partial charge in [-0.1, -0.05) is 48.5 Å². The number of alkyl halides is 3. The summed E-state index contributed by atoms with van der Waals surface area (Å²) in [6, 6.07) is 16.0. The molecule has 0 saturated carbocycles. The summed E-state index contributed by atoms with van der Waals surface area (Å²) < 4.78 is 46.5. The van der Waals surface area contributed by atoms with E-state index in [0.717, 1.165) is 16.8 Å². The van der Waals surface area contributed by atoms with E-state index in [4.69, 9.17) is 16.3 Å². The third kappa shape index (κ3) is 4.87. The predicted octanol–water partition coefficient (Wildman–Crippen LogP) is 6.18. The van der Waals surface area contributed by atoms with Crippen molar-refractivity contribution in [2.75, 3.05) is 6.61 Å². The molecular weight excluding hydrogens is 467 g/mol. The van der Waals surface area contributed by atoms with E-state index < -0.39 is 17.3 Å². The molecule has 0 aliphatic carbocycles. The number of fused-ring (bicyclic) bond motifs is 1. The van der Waals surface area contributed by atoms with E-state index in [1.807, 2.05) is 0 Å². The number of benzene rings is 3. The molecule has 0 atom stereocenters. The highest BCUT2D eigenvalue weighted by atomic mass is 35.5. The van der Waals surface area contributed by atoms with Crippen LogP contribution in [0.1, 0.15) is 11.1 Å². The highest BCUT2D eigenvalue weighted by molar-refractivity contribution is 6.30. The molecule has 0 fully saturated rings. The molecule has 0 unspecified atom stereocenters. The van der Waals surface area contributed by atoms with E-state index >= 15 is 0 Å². The number of nitrogens with zero attached hydrogens (tertiary/aromatic N) is 3. The van der Waals surface area contributed by atoms with Gasteiger partial charge in [0, 0.05) is 16.1 Å². The average Bonchev–Trinajstić information content (AvgIpc) is 2.82. The molecule has 5 nitrogen and oxygen atoms in total. The number of aromatic nitrogens is 2. The van der Waals surface area contributed by atoms with Crippen molar-refractivity contribution in [2.45, 2.75) is 6.18 Å². The molecule has 3 aromatic carbocycles. The van der Waals surface area contributed by atoms with Crippen LogP contribution in [0.2, 0.25) is 5.02 Å². The first-order valence-electron chi connectivity index (χ1n) is 10.0. The molecule has 34 heavy (non-hydrogen) atoms. The van der Waals surface area contributed by atoms with Crippen LogP contribution in [-0.2, 0) is 6.18 Å². The summed E-state index contributed by atoms with van der Waals surface area (Å²) in [5, 5.41) is 4.95. The van der Waals surface area contributed by atoms with Gasteiger partial charge in [-0.05, 0) is 42.5 Å². The number of hydrogen-bond acceptors (Lipinski definition) is 4. The zero-order valence-electron chi connectivity index (χ0n) is 17.6. The summed E-state index contributed by atoms with van der Waals surface area (Å²) in [5.74, 6) is 0.400. The third-order valence-electron chi connectivity index (χ3n) is 4.84. The van der Waals surface area contributed by atoms with Gasteiger partial charge in [0.05, 0.1) is 22.7 Å². The highest BCUT2D eigenvalue weighted by Gasteiger charge is 2.31. The van der Waals surface area contributed by atoms with E-state index in [1.165, 1.54) is 18.3 Å². The molecule has 0 aliphatic rings. The lowest BCUT2D eigenvalue weighted by molar-refractivity contribution is -0.137. The molecule has 1 heterocycles. The summed E-state index contributed by atoms with van der Waals surface area (Å²) in [4.78, 5) is 17.7. The van der Waals surface area contributed by atoms with Crippen LogP contribution < -0.4 is 10.3 Å². The SMILES string of the molecule is C=CCOc1ccc(Cl)cc1C=Nn1c(-c2cccc(C(F)(F)F)c2)nc2ccccc2c1=O. The van der Waals surface area contributed by atoms with Gasteiger partial charge < -0.3 is 4.74 Å². The number of ether oxygens (including phenoxy) is 1. The second-order valence-corrected chi connectivity index (χ2v) is 7.61. The van der Waals surface area contributed by atoms with Gasteiger partial charge in [0.15, 0.2) is 5.82 Å². The minimum atomic E-state index is -4.56. The molecule has 0 spiro atoms. The summed E-state index contributed by atoms with van der Waals surface area (Å²) >= 11 is 6.10. The van der Waals surface area contributed by atoms with E-state index in [9.17, 15) is 18.0 Å². The maximum atomic E-state index is 13.3. The fourth-order valence-corrected chi connectivity index (χ4v) is 3.45. The zero-order valence-corrected chi connectivity index (χ0v) is 18.3. The Labute approximate surface area is 197 Å². The van der Waals surface area contributed by atoms with Crippen molar-refractivity contribution >= 4 is 28.7 Å². The standard InChI is InChI=1S/C25H17ClF3N3O2/c1-2-12-34-22-11-10-19(26)14-17(22)15-30-32-23(16-6-5-7-18(13-16)25(27,28)29)31-21-9-4-3-8-20(21)24(32)33/h2-11,13-15H,1,12H2. The van der Waals surface area contributed by atoms with E-state index in [0.29, 0.717) is 21.9 Å². The van der Waals surface area contributed by atoms with Gasteiger partial charge in [0.2, 0.25) is 0 Å². The Balaban J connectivity index is 1.92. The fourth-order valence-electron chi connectivity index (χ4n) is 3.27. The van der Waals surface area contributed by atoms with E-state index in [2.05, 4.69) is 16.7 Å². The zero-order chi connectivity index (χ0) is 24.3. The molecular formula is C25H17ClF3N3O2. The minimum absolute atomic E-state index is 0.0402. The summed E-state index contributed by atoms with van der Waals surface area (Å²) in [5.41, 5.74) is -0.514. The van der Waals surface area contributed by atoms with E-state index in [1.54, 1.807) is 48.5 Å². The van der Waals surface area contributed by atoms with Crippen molar-refractivity contribution < 1.29 is 17.9 Å². The lowest BCUT2D eigenvalue weighted by Crippen LogP contribution is -2.20. The molecule has 4 rings (SSSR count). The smallest absolute Gasteiger partial charge is 0.416 e. The normalized spacial score (nSPS) is 11.8. The van der Waals surface area contributed by atoms with Crippen molar-refractivity contribution in [3.05, 3.63) is 106 Å². The molecule has 0 N–H and O–H groups in total. The van der Waals surface area contributed by atoms with Gasteiger partial charge in [-0.15, -0.1) is 0 Å². The monoisotopic (exact) mass is 483 g/mol. The largest absolute Gasteiger partial charge is 0.489 e. The molecule has 0 aliphatic heterocycles. The van der Waals surface area contributed by atoms with Crippen LogP contribution in [0, 0.1) is 0 Å². The Bertz CT molecular complexity index is 1460. The van der Waals surface area contributed by atoms with Crippen molar-refractivity contribution in [2.24, 2.45) is 5.10 Å². The Morgan fingerprint density at radius 3 is 2.65 bits per heavy atom. The first-order chi connectivity index (χ1) is 16.3. The summed E-state index contributed by atoms with van der Waals surface area (Å²) in [6.45, 7) is 3.84. The number of rotatable bonds is 6. The average molecular weight is 484 g/mol. The maximum Gasteiger partial charge on any atom is 0.416 e. The first-order valence-corrected chi connectivity index (χ1v) is 10.4. The lowest BCUT2D eigenvalue weighted by atomic mass is 10.1. The van der Waals surface area contributed by atoms with Crippen LogP contribution >= 0.6 is 11.6 Å². The van der Waals surface area contributed by atoms with Gasteiger partial charge in [-0.3, -0.25) is 4.79 Å². The van der Waals surface area contributed by atoms with Crippen molar-refractivity contribution in [3.8, 4) is 17.1 Å². The lowest BCUT2D eigenvalue weighted by Gasteiger charge is -2.12. The third-order valence-corrected chi connectivity index (χ3v) is 5.08. The van der Waals surface area contributed by atoms with Gasteiger partial charge in [0.25, 0.3) is 5.56 Å². The van der Waals surface area contributed by atoms with Crippen molar-refractivity contribution in [3.63, 3.8) is 0 Å².